The van der Waals surface area contributed by atoms with E-state index in [2.05, 4.69) is 15.0 Å². The Morgan fingerprint density at radius 2 is 2.12 bits per heavy atom. The van der Waals surface area contributed by atoms with Crippen molar-refractivity contribution in [3.63, 3.8) is 0 Å². The van der Waals surface area contributed by atoms with E-state index < -0.39 is 5.97 Å². The maximum Gasteiger partial charge on any atom is 0.337 e. The van der Waals surface area contributed by atoms with Crippen LogP contribution in [-0.4, -0.2) is 26.0 Å². The number of carboxylic acid groups (broad SMARTS) is 1. The summed E-state index contributed by atoms with van der Waals surface area (Å²) < 4.78 is 0. The standard InChI is InChI=1S/C11H9N3O2/c1-7-2-3-8(11(15)16)10(14-7)9-4-5-12-6-13-9/h2-6H,1H3,(H,15,16). The van der Waals surface area contributed by atoms with Crippen molar-refractivity contribution >= 4 is 5.97 Å². The molecule has 16 heavy (non-hydrogen) atoms. The average Bonchev–Trinajstić information content (AvgIpc) is 2.29. The number of carbonyl (C=O) groups is 1. The molecule has 0 bridgehead atoms. The zero-order valence-corrected chi connectivity index (χ0v) is 8.58. The van der Waals surface area contributed by atoms with Crippen LogP contribution in [0.5, 0.6) is 0 Å². The number of carboxylic acids is 1. The first-order valence-corrected chi connectivity index (χ1v) is 4.66. The lowest BCUT2D eigenvalue weighted by atomic mass is 10.1. The fourth-order valence-electron chi connectivity index (χ4n) is 1.36. The van der Waals surface area contributed by atoms with E-state index in [4.69, 9.17) is 5.11 Å². The predicted molar refractivity (Wildman–Crippen MR) is 57.0 cm³/mol. The topological polar surface area (TPSA) is 76.0 Å². The summed E-state index contributed by atoms with van der Waals surface area (Å²) in [7, 11) is 0. The van der Waals surface area contributed by atoms with E-state index in [-0.39, 0.29) is 5.56 Å². The molecule has 80 valence electrons. The van der Waals surface area contributed by atoms with Gasteiger partial charge in [0.15, 0.2) is 0 Å². The van der Waals surface area contributed by atoms with E-state index in [0.717, 1.165) is 5.69 Å². The summed E-state index contributed by atoms with van der Waals surface area (Å²) in [5.41, 5.74) is 1.77. The molecule has 2 aromatic heterocycles. The summed E-state index contributed by atoms with van der Waals surface area (Å²) in [6.07, 6.45) is 2.92. The number of hydrogen-bond donors (Lipinski definition) is 1. The van der Waals surface area contributed by atoms with E-state index in [9.17, 15) is 4.79 Å². The Kier molecular flexibility index (Phi) is 2.59. The average molecular weight is 215 g/mol. The monoisotopic (exact) mass is 215 g/mol. The van der Waals surface area contributed by atoms with E-state index in [1.807, 2.05) is 0 Å². The predicted octanol–water partition coefficient (Wildman–Crippen LogP) is 1.55. The van der Waals surface area contributed by atoms with Gasteiger partial charge >= 0.3 is 5.97 Å². The number of rotatable bonds is 2. The van der Waals surface area contributed by atoms with Crippen molar-refractivity contribution in [3.05, 3.63) is 42.0 Å². The zero-order valence-electron chi connectivity index (χ0n) is 8.58. The number of pyridine rings is 1. The molecule has 0 amide bonds. The first-order valence-electron chi connectivity index (χ1n) is 4.66. The largest absolute Gasteiger partial charge is 0.478 e. The van der Waals surface area contributed by atoms with Gasteiger partial charge in [0, 0.05) is 11.9 Å². The summed E-state index contributed by atoms with van der Waals surface area (Å²) in [6.45, 7) is 1.80. The Hall–Kier alpha value is -2.30. The second kappa shape index (κ2) is 4.06. The summed E-state index contributed by atoms with van der Waals surface area (Å²) in [5.74, 6) is -1.01. The van der Waals surface area contributed by atoms with Crippen LogP contribution >= 0.6 is 0 Å². The minimum atomic E-state index is -1.01. The lowest BCUT2D eigenvalue weighted by Crippen LogP contribution is -2.03. The Morgan fingerprint density at radius 1 is 1.31 bits per heavy atom. The number of aromatic carboxylic acids is 1. The van der Waals surface area contributed by atoms with Crippen molar-refractivity contribution in [1.82, 2.24) is 15.0 Å². The Labute approximate surface area is 91.8 Å². The van der Waals surface area contributed by atoms with Gasteiger partial charge in [-0.25, -0.2) is 14.8 Å². The minimum absolute atomic E-state index is 0.143. The molecule has 0 atom stereocenters. The molecule has 0 unspecified atom stereocenters. The highest BCUT2D eigenvalue weighted by Crippen LogP contribution is 2.19. The van der Waals surface area contributed by atoms with Crippen LogP contribution in [0.25, 0.3) is 11.4 Å². The summed E-state index contributed by atoms with van der Waals surface area (Å²) >= 11 is 0. The van der Waals surface area contributed by atoms with Crippen LogP contribution in [0.15, 0.2) is 30.7 Å². The van der Waals surface area contributed by atoms with Crippen molar-refractivity contribution in [3.8, 4) is 11.4 Å². The van der Waals surface area contributed by atoms with Gasteiger partial charge in [-0.1, -0.05) is 0 Å². The van der Waals surface area contributed by atoms with Crippen molar-refractivity contribution in [2.24, 2.45) is 0 Å². The molecule has 0 saturated carbocycles. The first-order chi connectivity index (χ1) is 7.68. The van der Waals surface area contributed by atoms with Gasteiger partial charge in [-0.15, -0.1) is 0 Å². The molecule has 0 aliphatic carbocycles. The van der Waals surface area contributed by atoms with Crippen LogP contribution in [0, 0.1) is 6.92 Å². The molecule has 5 nitrogen and oxygen atoms in total. The van der Waals surface area contributed by atoms with Gasteiger partial charge in [-0.2, -0.15) is 0 Å². The van der Waals surface area contributed by atoms with Gasteiger partial charge in [-0.3, -0.25) is 4.98 Å². The Balaban J connectivity index is 2.63. The van der Waals surface area contributed by atoms with Gasteiger partial charge < -0.3 is 5.11 Å². The third-order valence-electron chi connectivity index (χ3n) is 2.09. The molecule has 0 aliphatic rings. The van der Waals surface area contributed by atoms with Crippen LogP contribution in [0.4, 0.5) is 0 Å². The highest BCUT2D eigenvalue weighted by Gasteiger charge is 2.13. The lowest BCUT2D eigenvalue weighted by Gasteiger charge is -2.04. The van der Waals surface area contributed by atoms with Gasteiger partial charge in [0.25, 0.3) is 0 Å². The number of hydrogen-bond acceptors (Lipinski definition) is 4. The number of aromatic nitrogens is 3. The van der Waals surface area contributed by atoms with Crippen molar-refractivity contribution < 1.29 is 9.90 Å². The minimum Gasteiger partial charge on any atom is -0.478 e. The molecular formula is C11H9N3O2. The fourth-order valence-corrected chi connectivity index (χ4v) is 1.36. The Morgan fingerprint density at radius 3 is 2.75 bits per heavy atom. The highest BCUT2D eigenvalue weighted by molar-refractivity contribution is 5.94. The van der Waals surface area contributed by atoms with E-state index in [0.29, 0.717) is 11.4 Å². The maximum atomic E-state index is 11.0. The van der Waals surface area contributed by atoms with Crippen LogP contribution < -0.4 is 0 Å². The summed E-state index contributed by atoms with van der Waals surface area (Å²) in [4.78, 5) is 23.0. The normalized spacial score (nSPS) is 10.1. The molecular weight excluding hydrogens is 206 g/mol. The highest BCUT2D eigenvalue weighted by atomic mass is 16.4. The van der Waals surface area contributed by atoms with Gasteiger partial charge in [0.05, 0.1) is 11.3 Å². The molecule has 0 aromatic carbocycles. The lowest BCUT2D eigenvalue weighted by molar-refractivity contribution is 0.0697. The fraction of sp³-hybridized carbons (Fsp3) is 0.0909. The van der Waals surface area contributed by atoms with Gasteiger partial charge in [-0.05, 0) is 25.1 Å². The van der Waals surface area contributed by atoms with Crippen LogP contribution in [0.2, 0.25) is 0 Å². The summed E-state index contributed by atoms with van der Waals surface area (Å²) in [5, 5.41) is 9.03. The second-order valence-corrected chi connectivity index (χ2v) is 3.25. The molecule has 2 aromatic rings. The molecule has 0 saturated heterocycles. The molecule has 2 rings (SSSR count). The van der Waals surface area contributed by atoms with Crippen LogP contribution in [-0.2, 0) is 0 Å². The maximum absolute atomic E-state index is 11.0. The quantitative estimate of drug-likeness (QED) is 0.822. The van der Waals surface area contributed by atoms with E-state index in [1.54, 1.807) is 25.3 Å². The molecule has 2 heterocycles. The molecule has 0 spiro atoms. The molecule has 0 radical (unpaired) electrons. The molecule has 0 aliphatic heterocycles. The van der Waals surface area contributed by atoms with E-state index >= 15 is 0 Å². The molecule has 5 heteroatoms. The van der Waals surface area contributed by atoms with Gasteiger partial charge in [0.2, 0.25) is 0 Å². The molecule has 1 N–H and O–H groups in total. The van der Waals surface area contributed by atoms with Crippen molar-refractivity contribution in [1.29, 1.82) is 0 Å². The van der Waals surface area contributed by atoms with Crippen molar-refractivity contribution in [2.75, 3.05) is 0 Å². The van der Waals surface area contributed by atoms with Crippen LogP contribution in [0.1, 0.15) is 16.1 Å². The molecule has 0 fully saturated rings. The first kappa shape index (κ1) is 10.2. The number of nitrogens with zero attached hydrogens (tertiary/aromatic N) is 3. The van der Waals surface area contributed by atoms with Gasteiger partial charge in [0.1, 0.15) is 12.0 Å². The number of aryl methyl sites for hydroxylation is 1. The van der Waals surface area contributed by atoms with E-state index in [1.165, 1.54) is 12.4 Å². The third-order valence-corrected chi connectivity index (χ3v) is 2.09. The Bertz CT molecular complexity index is 526. The SMILES string of the molecule is Cc1ccc(C(=O)O)c(-c2ccncn2)n1. The van der Waals surface area contributed by atoms with Crippen molar-refractivity contribution in [2.45, 2.75) is 6.92 Å². The smallest absolute Gasteiger partial charge is 0.337 e. The zero-order chi connectivity index (χ0) is 11.5. The van der Waals surface area contributed by atoms with Crippen LogP contribution in [0.3, 0.4) is 0 Å². The second-order valence-electron chi connectivity index (χ2n) is 3.25. The third kappa shape index (κ3) is 1.88. The summed E-state index contributed by atoms with van der Waals surface area (Å²) in [6, 6.07) is 4.82.